The molecule has 0 spiro atoms. The number of nitro groups is 1. The number of carbonyl (C=O) groups is 2. The molecule has 1 aromatic heterocycles. The minimum absolute atomic E-state index is 0.0196. The number of amides is 1. The zero-order valence-electron chi connectivity index (χ0n) is 14.4. The van der Waals surface area contributed by atoms with Crippen LogP contribution in [0.25, 0.3) is 0 Å². The molecule has 27 heavy (non-hydrogen) atoms. The number of thiophene rings is 1. The van der Waals surface area contributed by atoms with Crippen LogP contribution in [0.15, 0.2) is 34.1 Å². The van der Waals surface area contributed by atoms with Gasteiger partial charge >= 0.3 is 5.97 Å². The zero-order chi connectivity index (χ0) is 19.8. The molecule has 1 N–H and O–H groups in total. The van der Waals surface area contributed by atoms with Gasteiger partial charge in [0.1, 0.15) is 0 Å². The molecule has 0 aliphatic carbocycles. The Labute approximate surface area is 172 Å². The zero-order valence-corrected chi connectivity index (χ0v) is 17.6. The summed E-state index contributed by atoms with van der Waals surface area (Å²) in [6, 6.07) is 7.58. The lowest BCUT2D eigenvalue weighted by atomic mass is 10.1. The molecule has 0 radical (unpaired) electrons. The van der Waals surface area contributed by atoms with E-state index in [0.29, 0.717) is 12.3 Å². The van der Waals surface area contributed by atoms with E-state index in [9.17, 15) is 19.7 Å². The molecule has 10 heteroatoms. The van der Waals surface area contributed by atoms with Gasteiger partial charge in [0.25, 0.3) is 11.6 Å². The van der Waals surface area contributed by atoms with Crippen LogP contribution in [-0.4, -0.2) is 35.7 Å². The highest BCUT2D eigenvalue weighted by Crippen LogP contribution is 2.25. The second-order valence-corrected chi connectivity index (χ2v) is 8.91. The van der Waals surface area contributed by atoms with Gasteiger partial charge in [-0.25, -0.2) is 4.79 Å². The summed E-state index contributed by atoms with van der Waals surface area (Å²) >= 11 is 6.75. The molecule has 0 atom stereocenters. The average Bonchev–Trinajstić information content (AvgIpc) is 3.06. The van der Waals surface area contributed by atoms with Crippen LogP contribution >= 0.6 is 39.0 Å². The Hall–Kier alpha value is -1.91. The second-order valence-electron chi connectivity index (χ2n) is 5.26. The molecular weight excluding hydrogens is 456 g/mol. The van der Waals surface area contributed by atoms with Crippen LogP contribution in [0.5, 0.6) is 0 Å². The van der Waals surface area contributed by atoms with Gasteiger partial charge in [-0.05, 0) is 41.1 Å². The first-order valence-corrected chi connectivity index (χ1v) is 10.7. The second kappa shape index (κ2) is 10.4. The van der Waals surface area contributed by atoms with Crippen LogP contribution in [0.1, 0.15) is 32.5 Å². The van der Waals surface area contributed by atoms with E-state index < -0.39 is 16.8 Å². The number of non-ortho nitro benzene ring substituents is 1. The molecule has 0 aliphatic rings. The fraction of sp³-hybridized carbons (Fsp3) is 0.294. The number of nitrogens with zero attached hydrogens (tertiary/aromatic N) is 1. The van der Waals surface area contributed by atoms with Gasteiger partial charge in [-0.3, -0.25) is 14.9 Å². The molecule has 0 fully saturated rings. The fourth-order valence-electron chi connectivity index (χ4n) is 2.12. The van der Waals surface area contributed by atoms with Gasteiger partial charge in [-0.15, -0.1) is 11.3 Å². The Kier molecular flexibility index (Phi) is 8.26. The maximum atomic E-state index is 12.3. The average molecular weight is 473 g/mol. The summed E-state index contributed by atoms with van der Waals surface area (Å²) in [5.74, 6) is 0.369. The first-order chi connectivity index (χ1) is 12.9. The smallest absolute Gasteiger partial charge is 0.338 e. The minimum Gasteiger partial charge on any atom is -0.462 e. The number of nitrogens with one attached hydrogen (secondary N) is 1. The summed E-state index contributed by atoms with van der Waals surface area (Å²) in [6.45, 7) is 2.18. The van der Waals surface area contributed by atoms with Crippen molar-refractivity contribution < 1.29 is 19.2 Å². The maximum Gasteiger partial charge on any atom is 0.338 e. The molecule has 0 aliphatic heterocycles. The standard InChI is InChI=1S/C17H17BrN2O5S2/c1-2-25-17(22)12-7-11(8-13(9-12)20(23)24)16(21)19-5-6-26-10-14-3-4-15(18)27-14/h3-4,7-9H,2,5-6,10H2,1H3,(H,19,21). The van der Waals surface area contributed by atoms with E-state index in [1.54, 1.807) is 30.0 Å². The van der Waals surface area contributed by atoms with Crippen LogP contribution in [0, 0.1) is 10.1 Å². The Morgan fingerprint density at radius 2 is 2.04 bits per heavy atom. The van der Waals surface area contributed by atoms with E-state index in [1.807, 2.05) is 12.1 Å². The lowest BCUT2D eigenvalue weighted by Crippen LogP contribution is -2.26. The van der Waals surface area contributed by atoms with E-state index in [1.165, 1.54) is 10.9 Å². The summed E-state index contributed by atoms with van der Waals surface area (Å²) in [6.07, 6.45) is 0. The normalized spacial score (nSPS) is 10.4. The van der Waals surface area contributed by atoms with Crippen LogP contribution in [0.4, 0.5) is 5.69 Å². The van der Waals surface area contributed by atoms with Crippen molar-refractivity contribution in [2.24, 2.45) is 0 Å². The lowest BCUT2D eigenvalue weighted by molar-refractivity contribution is -0.384. The molecule has 0 saturated carbocycles. The van der Waals surface area contributed by atoms with Gasteiger partial charge in [0.05, 0.1) is 20.9 Å². The minimum atomic E-state index is -0.701. The molecule has 2 rings (SSSR count). The predicted octanol–water partition coefficient (Wildman–Crippen LogP) is 4.26. The van der Waals surface area contributed by atoms with Crippen LogP contribution in [0.3, 0.4) is 0 Å². The van der Waals surface area contributed by atoms with Crippen molar-refractivity contribution in [3.05, 3.63) is 60.2 Å². The number of benzene rings is 1. The Morgan fingerprint density at radius 1 is 1.30 bits per heavy atom. The highest BCUT2D eigenvalue weighted by Gasteiger charge is 2.18. The van der Waals surface area contributed by atoms with E-state index in [-0.39, 0.29) is 23.4 Å². The SMILES string of the molecule is CCOC(=O)c1cc(C(=O)NCCSCc2ccc(Br)s2)cc([N+](=O)[O-])c1. The van der Waals surface area contributed by atoms with Gasteiger partial charge in [-0.1, -0.05) is 0 Å². The molecule has 1 amide bonds. The number of thioether (sulfide) groups is 1. The summed E-state index contributed by atoms with van der Waals surface area (Å²) in [4.78, 5) is 35.8. The summed E-state index contributed by atoms with van der Waals surface area (Å²) in [7, 11) is 0. The third-order valence-corrected chi connectivity index (χ3v) is 6.12. The monoisotopic (exact) mass is 472 g/mol. The van der Waals surface area contributed by atoms with Crippen LogP contribution in [0.2, 0.25) is 0 Å². The molecule has 0 bridgehead atoms. The van der Waals surface area contributed by atoms with E-state index >= 15 is 0 Å². The quantitative estimate of drug-likeness (QED) is 0.253. The number of hydrogen-bond acceptors (Lipinski definition) is 7. The largest absolute Gasteiger partial charge is 0.462 e. The highest BCUT2D eigenvalue weighted by molar-refractivity contribution is 9.11. The Morgan fingerprint density at radius 3 is 2.67 bits per heavy atom. The van der Waals surface area contributed by atoms with Gasteiger partial charge < -0.3 is 10.1 Å². The van der Waals surface area contributed by atoms with Crippen molar-refractivity contribution >= 4 is 56.6 Å². The molecular formula is C17H17BrN2O5S2. The lowest BCUT2D eigenvalue weighted by Gasteiger charge is -2.07. The van der Waals surface area contributed by atoms with Gasteiger partial charge in [0, 0.05) is 40.6 Å². The Bertz CT molecular complexity index is 840. The molecule has 0 saturated heterocycles. The number of nitro benzene ring substituents is 1. The van der Waals surface area contributed by atoms with Crippen molar-refractivity contribution in [1.82, 2.24) is 5.32 Å². The number of ether oxygens (including phenoxy) is 1. The van der Waals surface area contributed by atoms with Crippen molar-refractivity contribution in [3.8, 4) is 0 Å². The molecule has 2 aromatic rings. The van der Waals surface area contributed by atoms with Crippen LogP contribution < -0.4 is 5.32 Å². The van der Waals surface area contributed by atoms with Gasteiger partial charge in [0.2, 0.25) is 0 Å². The number of carbonyl (C=O) groups excluding carboxylic acids is 2. The third kappa shape index (κ3) is 6.64. The molecule has 1 aromatic carbocycles. The van der Waals surface area contributed by atoms with Gasteiger partial charge in [0.15, 0.2) is 0 Å². The fourth-order valence-corrected chi connectivity index (χ4v) is 4.57. The maximum absolute atomic E-state index is 12.3. The predicted molar refractivity (Wildman–Crippen MR) is 110 cm³/mol. The molecule has 0 unspecified atom stereocenters. The molecule has 7 nitrogen and oxygen atoms in total. The number of halogens is 1. The molecule has 1 heterocycles. The summed E-state index contributed by atoms with van der Waals surface area (Å²) in [5.41, 5.74) is -0.295. The first-order valence-electron chi connectivity index (χ1n) is 7.97. The number of hydrogen-bond donors (Lipinski definition) is 1. The number of esters is 1. The Balaban J connectivity index is 1.93. The summed E-state index contributed by atoms with van der Waals surface area (Å²) < 4.78 is 5.93. The molecule has 144 valence electrons. The van der Waals surface area contributed by atoms with Crippen molar-refractivity contribution in [2.45, 2.75) is 12.7 Å². The van der Waals surface area contributed by atoms with E-state index in [2.05, 4.69) is 21.2 Å². The number of rotatable bonds is 9. The van der Waals surface area contributed by atoms with E-state index in [4.69, 9.17) is 4.74 Å². The van der Waals surface area contributed by atoms with Gasteiger partial charge in [-0.2, -0.15) is 11.8 Å². The van der Waals surface area contributed by atoms with Crippen LogP contribution in [-0.2, 0) is 10.5 Å². The van der Waals surface area contributed by atoms with Crippen molar-refractivity contribution in [3.63, 3.8) is 0 Å². The first kappa shape index (κ1) is 21.4. The highest BCUT2D eigenvalue weighted by atomic mass is 79.9. The van der Waals surface area contributed by atoms with Crippen molar-refractivity contribution in [2.75, 3.05) is 18.9 Å². The van der Waals surface area contributed by atoms with E-state index in [0.717, 1.165) is 21.7 Å². The summed E-state index contributed by atoms with van der Waals surface area (Å²) in [5, 5.41) is 13.8. The topological polar surface area (TPSA) is 98.5 Å². The third-order valence-electron chi connectivity index (χ3n) is 3.31. The van der Waals surface area contributed by atoms with Crippen molar-refractivity contribution in [1.29, 1.82) is 0 Å².